The van der Waals surface area contributed by atoms with E-state index in [0.29, 0.717) is 13.0 Å². The van der Waals surface area contributed by atoms with Gasteiger partial charge in [-0.3, -0.25) is 4.79 Å². The fourth-order valence-electron chi connectivity index (χ4n) is 2.53. The van der Waals surface area contributed by atoms with Gasteiger partial charge in [0.25, 0.3) is 0 Å². The van der Waals surface area contributed by atoms with Crippen LogP contribution in [0.15, 0.2) is 5.51 Å². The smallest absolute Gasteiger partial charge is 0.220 e. The van der Waals surface area contributed by atoms with Gasteiger partial charge in [0.2, 0.25) is 5.91 Å². The molecule has 19 heavy (non-hydrogen) atoms. The van der Waals surface area contributed by atoms with Crippen molar-refractivity contribution in [2.45, 2.75) is 57.5 Å². The first kappa shape index (κ1) is 14.5. The van der Waals surface area contributed by atoms with Gasteiger partial charge in [0.1, 0.15) is 0 Å². The highest BCUT2D eigenvalue weighted by molar-refractivity contribution is 7.09. The van der Waals surface area contributed by atoms with Gasteiger partial charge in [0.05, 0.1) is 16.8 Å². The molecule has 0 aliphatic heterocycles. The first-order chi connectivity index (χ1) is 9.09. The van der Waals surface area contributed by atoms with E-state index in [1.54, 1.807) is 11.3 Å². The molecule has 0 unspecified atom stereocenters. The lowest BCUT2D eigenvalue weighted by atomic mass is 9.85. The Morgan fingerprint density at radius 3 is 2.84 bits per heavy atom. The third kappa shape index (κ3) is 4.28. The Labute approximate surface area is 118 Å². The molecular formula is C14H22N2O2S. The molecule has 2 rings (SSSR count). The van der Waals surface area contributed by atoms with Crippen molar-refractivity contribution in [3.8, 4) is 0 Å². The Bertz CT molecular complexity index is 425. The van der Waals surface area contributed by atoms with Gasteiger partial charge < -0.3 is 10.4 Å². The summed E-state index contributed by atoms with van der Waals surface area (Å²) >= 11 is 1.60. The topological polar surface area (TPSA) is 62.2 Å². The molecule has 0 bridgehead atoms. The second-order valence-electron chi connectivity index (χ2n) is 5.42. The molecule has 4 nitrogen and oxygen atoms in total. The molecule has 1 aliphatic carbocycles. The second-order valence-corrected chi connectivity index (χ2v) is 6.36. The van der Waals surface area contributed by atoms with Crippen molar-refractivity contribution in [1.82, 2.24) is 10.3 Å². The van der Waals surface area contributed by atoms with Crippen LogP contribution in [-0.2, 0) is 11.2 Å². The summed E-state index contributed by atoms with van der Waals surface area (Å²) < 4.78 is 0. The minimum atomic E-state index is -0.672. The molecular weight excluding hydrogens is 260 g/mol. The van der Waals surface area contributed by atoms with Crippen molar-refractivity contribution in [2.75, 3.05) is 6.54 Å². The SMILES string of the molecule is Cc1ncsc1CCC(=O)NCC1(O)CCCCC1. The monoisotopic (exact) mass is 282 g/mol. The number of aryl methyl sites for hydroxylation is 2. The molecule has 0 atom stereocenters. The van der Waals surface area contributed by atoms with Crippen LogP contribution < -0.4 is 5.32 Å². The third-order valence-corrected chi connectivity index (χ3v) is 4.82. The quantitative estimate of drug-likeness (QED) is 0.870. The number of amides is 1. The van der Waals surface area contributed by atoms with Crippen LogP contribution in [0, 0.1) is 6.92 Å². The molecule has 1 heterocycles. The molecule has 0 aromatic carbocycles. The van der Waals surface area contributed by atoms with Gasteiger partial charge in [-0.05, 0) is 26.2 Å². The lowest BCUT2D eigenvalue weighted by molar-refractivity contribution is -0.122. The number of carbonyl (C=O) groups is 1. The molecule has 1 fully saturated rings. The normalized spacial score (nSPS) is 18.2. The zero-order chi connectivity index (χ0) is 13.7. The van der Waals surface area contributed by atoms with Crippen LogP contribution in [0.5, 0.6) is 0 Å². The maximum absolute atomic E-state index is 11.8. The molecule has 0 radical (unpaired) electrons. The fourth-order valence-corrected chi connectivity index (χ4v) is 3.31. The number of thiazole rings is 1. The van der Waals surface area contributed by atoms with Gasteiger partial charge in [-0.2, -0.15) is 0 Å². The van der Waals surface area contributed by atoms with E-state index in [-0.39, 0.29) is 5.91 Å². The Morgan fingerprint density at radius 2 is 2.21 bits per heavy atom. The Hall–Kier alpha value is -0.940. The molecule has 106 valence electrons. The second kappa shape index (κ2) is 6.48. The molecule has 2 N–H and O–H groups in total. The minimum absolute atomic E-state index is 0.0202. The molecule has 1 aliphatic rings. The Kier molecular flexibility index (Phi) is 4.93. The van der Waals surface area contributed by atoms with E-state index in [0.717, 1.165) is 37.8 Å². The first-order valence-corrected chi connectivity index (χ1v) is 7.85. The van der Waals surface area contributed by atoms with Crippen LogP contribution in [0.4, 0.5) is 0 Å². The van der Waals surface area contributed by atoms with E-state index in [2.05, 4.69) is 10.3 Å². The van der Waals surface area contributed by atoms with Crippen molar-refractivity contribution in [1.29, 1.82) is 0 Å². The number of rotatable bonds is 5. The predicted octanol–water partition coefficient (Wildman–Crippen LogP) is 2.20. The van der Waals surface area contributed by atoms with Crippen molar-refractivity contribution >= 4 is 17.2 Å². The molecule has 1 saturated carbocycles. The summed E-state index contributed by atoms with van der Waals surface area (Å²) in [5, 5.41) is 13.2. The first-order valence-electron chi connectivity index (χ1n) is 6.97. The summed E-state index contributed by atoms with van der Waals surface area (Å²) in [6.45, 7) is 2.36. The van der Waals surface area contributed by atoms with Crippen LogP contribution in [-0.4, -0.2) is 28.1 Å². The molecule has 5 heteroatoms. The van der Waals surface area contributed by atoms with Crippen molar-refractivity contribution in [3.05, 3.63) is 16.1 Å². The van der Waals surface area contributed by atoms with E-state index in [1.165, 1.54) is 11.3 Å². The summed E-state index contributed by atoms with van der Waals surface area (Å²) in [5.41, 5.74) is 2.16. The van der Waals surface area contributed by atoms with Gasteiger partial charge in [-0.1, -0.05) is 19.3 Å². The van der Waals surface area contributed by atoms with Gasteiger partial charge in [-0.15, -0.1) is 11.3 Å². The van der Waals surface area contributed by atoms with E-state index in [4.69, 9.17) is 0 Å². The van der Waals surface area contributed by atoms with Crippen molar-refractivity contribution in [3.63, 3.8) is 0 Å². The van der Waals surface area contributed by atoms with E-state index >= 15 is 0 Å². The molecule has 0 saturated heterocycles. The highest BCUT2D eigenvalue weighted by Crippen LogP contribution is 2.27. The van der Waals surface area contributed by atoms with E-state index in [1.807, 2.05) is 12.4 Å². The number of hydrogen-bond donors (Lipinski definition) is 2. The largest absolute Gasteiger partial charge is 0.388 e. The van der Waals surface area contributed by atoms with Gasteiger partial charge >= 0.3 is 0 Å². The maximum atomic E-state index is 11.8. The Morgan fingerprint density at radius 1 is 1.47 bits per heavy atom. The van der Waals surface area contributed by atoms with Gasteiger partial charge in [0.15, 0.2) is 0 Å². The predicted molar refractivity (Wildman–Crippen MR) is 76.2 cm³/mol. The molecule has 0 spiro atoms. The highest BCUT2D eigenvalue weighted by atomic mass is 32.1. The molecule has 1 amide bonds. The van der Waals surface area contributed by atoms with Gasteiger partial charge in [-0.25, -0.2) is 4.98 Å². The third-order valence-electron chi connectivity index (χ3n) is 3.82. The van der Waals surface area contributed by atoms with Crippen LogP contribution in [0.2, 0.25) is 0 Å². The highest BCUT2D eigenvalue weighted by Gasteiger charge is 2.29. The lowest BCUT2D eigenvalue weighted by Gasteiger charge is -2.32. The Balaban J connectivity index is 1.71. The summed E-state index contributed by atoms with van der Waals surface area (Å²) in [6, 6.07) is 0. The number of aromatic nitrogens is 1. The van der Waals surface area contributed by atoms with Crippen molar-refractivity contribution in [2.24, 2.45) is 0 Å². The standard InChI is InChI=1S/C14H22N2O2S/c1-11-12(19-10-16-11)5-6-13(17)15-9-14(18)7-3-2-4-8-14/h10,18H,2-9H2,1H3,(H,15,17). The number of aliphatic hydroxyl groups is 1. The van der Waals surface area contributed by atoms with Crippen molar-refractivity contribution < 1.29 is 9.90 Å². The maximum Gasteiger partial charge on any atom is 0.220 e. The fraction of sp³-hybridized carbons (Fsp3) is 0.714. The minimum Gasteiger partial charge on any atom is -0.388 e. The zero-order valence-electron chi connectivity index (χ0n) is 11.4. The summed E-state index contributed by atoms with van der Waals surface area (Å²) in [5.74, 6) is 0.0202. The van der Waals surface area contributed by atoms with Crippen LogP contribution >= 0.6 is 11.3 Å². The van der Waals surface area contributed by atoms with Gasteiger partial charge in [0, 0.05) is 17.8 Å². The number of carbonyl (C=O) groups excluding carboxylic acids is 1. The lowest BCUT2D eigenvalue weighted by Crippen LogP contribution is -2.44. The molecule has 1 aromatic rings. The zero-order valence-corrected chi connectivity index (χ0v) is 12.3. The number of hydrogen-bond acceptors (Lipinski definition) is 4. The summed E-state index contributed by atoms with van der Waals surface area (Å²) in [6.07, 6.45) is 6.14. The number of nitrogens with one attached hydrogen (secondary N) is 1. The summed E-state index contributed by atoms with van der Waals surface area (Å²) in [4.78, 5) is 17.1. The van der Waals surface area contributed by atoms with Crippen LogP contribution in [0.1, 0.15) is 49.1 Å². The summed E-state index contributed by atoms with van der Waals surface area (Å²) in [7, 11) is 0. The number of nitrogens with zero attached hydrogens (tertiary/aromatic N) is 1. The van der Waals surface area contributed by atoms with E-state index < -0.39 is 5.60 Å². The van der Waals surface area contributed by atoms with Crippen LogP contribution in [0.3, 0.4) is 0 Å². The average Bonchev–Trinajstić information content (AvgIpc) is 2.81. The van der Waals surface area contributed by atoms with E-state index in [9.17, 15) is 9.90 Å². The molecule has 1 aromatic heterocycles. The van der Waals surface area contributed by atoms with Crippen LogP contribution in [0.25, 0.3) is 0 Å². The average molecular weight is 282 g/mol.